The van der Waals surface area contributed by atoms with Gasteiger partial charge in [-0.05, 0) is 43.0 Å². The van der Waals surface area contributed by atoms with Crippen molar-refractivity contribution in [2.75, 3.05) is 0 Å². The second-order valence-electron chi connectivity index (χ2n) is 7.66. The molecule has 2 aromatic carbocycles. The summed E-state index contributed by atoms with van der Waals surface area (Å²) in [6.45, 7) is 5.99. The number of aromatic nitrogens is 2. The Morgan fingerprint density at radius 2 is 1.89 bits per heavy atom. The maximum absolute atomic E-state index is 12.6. The Morgan fingerprint density at radius 3 is 2.54 bits per heavy atom. The van der Waals surface area contributed by atoms with Crippen LogP contribution < -0.4 is 0 Å². The Hall–Kier alpha value is -3.44. The van der Waals surface area contributed by atoms with E-state index in [1.165, 1.54) is 0 Å². The molecule has 5 heteroatoms. The van der Waals surface area contributed by atoms with Gasteiger partial charge in [0.05, 0.1) is 41.0 Å². The minimum atomic E-state index is -0.529. The van der Waals surface area contributed by atoms with Crippen LogP contribution in [0.25, 0.3) is 11.0 Å². The van der Waals surface area contributed by atoms with Gasteiger partial charge in [0.25, 0.3) is 0 Å². The molecule has 1 unspecified atom stereocenters. The molecule has 0 N–H and O–H groups in total. The molecule has 0 aliphatic rings. The lowest BCUT2D eigenvalue weighted by molar-refractivity contribution is -0.119. The first kappa shape index (κ1) is 19.3. The fourth-order valence-electron chi connectivity index (χ4n) is 3.34. The van der Waals surface area contributed by atoms with Crippen LogP contribution in [0.15, 0.2) is 48.8 Å². The highest BCUT2D eigenvalue weighted by molar-refractivity contribution is 5.85. The summed E-state index contributed by atoms with van der Waals surface area (Å²) >= 11 is 0. The molecule has 1 aromatic heterocycles. The number of ketones is 1. The summed E-state index contributed by atoms with van der Waals surface area (Å²) in [6.07, 6.45) is 2.02. The summed E-state index contributed by atoms with van der Waals surface area (Å²) in [5, 5.41) is 18.6. The lowest BCUT2D eigenvalue weighted by atomic mass is 9.84. The van der Waals surface area contributed by atoms with Crippen LogP contribution in [0.5, 0.6) is 0 Å². The molecule has 0 saturated heterocycles. The van der Waals surface area contributed by atoms with Crippen LogP contribution in [-0.4, -0.2) is 15.3 Å². The van der Waals surface area contributed by atoms with Crippen molar-refractivity contribution in [3.8, 4) is 12.1 Å². The lowest BCUT2D eigenvalue weighted by Gasteiger charge is -2.17. The molecule has 1 heterocycles. The third-order valence-electron chi connectivity index (χ3n) is 5.12. The zero-order chi connectivity index (χ0) is 20.3. The molecule has 0 fully saturated rings. The van der Waals surface area contributed by atoms with E-state index in [9.17, 15) is 15.3 Å². The molecule has 140 valence electrons. The van der Waals surface area contributed by atoms with E-state index in [2.05, 4.69) is 17.1 Å². The van der Waals surface area contributed by atoms with E-state index in [1.54, 1.807) is 23.0 Å². The van der Waals surface area contributed by atoms with E-state index in [0.29, 0.717) is 17.5 Å². The van der Waals surface area contributed by atoms with Gasteiger partial charge in [-0.15, -0.1) is 0 Å². The average Bonchev–Trinajstić information content (AvgIpc) is 3.10. The van der Waals surface area contributed by atoms with Crippen molar-refractivity contribution in [3.63, 3.8) is 0 Å². The van der Waals surface area contributed by atoms with Gasteiger partial charge in [0.15, 0.2) is 5.78 Å². The zero-order valence-electron chi connectivity index (χ0n) is 16.3. The number of nitrogens with zero attached hydrogens (tertiary/aromatic N) is 4. The van der Waals surface area contributed by atoms with Gasteiger partial charge in [-0.1, -0.05) is 37.3 Å². The molecule has 28 heavy (non-hydrogen) atoms. The number of carbonyl (C=O) groups is 1. The van der Waals surface area contributed by atoms with Crippen LogP contribution in [-0.2, 0) is 16.8 Å². The number of hydrogen-bond donors (Lipinski definition) is 0. The third-order valence-corrected chi connectivity index (χ3v) is 5.12. The fourth-order valence-corrected chi connectivity index (χ4v) is 3.34. The Kier molecular flexibility index (Phi) is 5.29. The van der Waals surface area contributed by atoms with Crippen LogP contribution in [0.1, 0.15) is 49.8 Å². The number of para-hydroxylation sites is 1. The maximum Gasteiger partial charge on any atom is 0.153 e. The summed E-state index contributed by atoms with van der Waals surface area (Å²) in [5.74, 6) is 0.151. The first-order valence-electron chi connectivity index (χ1n) is 9.23. The maximum atomic E-state index is 12.6. The Bertz CT molecular complexity index is 1090. The Labute approximate surface area is 164 Å². The lowest BCUT2D eigenvalue weighted by Crippen LogP contribution is -2.14. The van der Waals surface area contributed by atoms with E-state index < -0.39 is 5.41 Å². The van der Waals surface area contributed by atoms with Crippen molar-refractivity contribution in [2.24, 2.45) is 0 Å². The van der Waals surface area contributed by atoms with E-state index in [0.717, 1.165) is 16.6 Å². The normalized spacial score (nSPS) is 12.3. The molecule has 0 radical (unpaired) electrons. The van der Waals surface area contributed by atoms with E-state index >= 15 is 0 Å². The van der Waals surface area contributed by atoms with Crippen molar-refractivity contribution < 1.29 is 4.79 Å². The van der Waals surface area contributed by atoms with Crippen LogP contribution in [0.4, 0.5) is 0 Å². The smallest absolute Gasteiger partial charge is 0.153 e. The molecular weight excluding hydrogens is 348 g/mol. The molecule has 1 atom stereocenters. The van der Waals surface area contributed by atoms with Crippen molar-refractivity contribution in [2.45, 2.75) is 45.1 Å². The number of hydrogen-bond acceptors (Lipinski definition) is 4. The molecule has 5 nitrogen and oxygen atoms in total. The predicted molar refractivity (Wildman–Crippen MR) is 108 cm³/mol. The van der Waals surface area contributed by atoms with Gasteiger partial charge >= 0.3 is 0 Å². The van der Waals surface area contributed by atoms with Gasteiger partial charge in [-0.25, -0.2) is 4.98 Å². The standard InChI is InChI=1S/C23H22N4O/c1-16(17-7-9-19(10-8-17)23(2,3)14-25)11-20(28)13-27-15-26-21-6-4-5-18(12-24)22(21)27/h4-10,15-16H,11,13H2,1-3H3. The van der Waals surface area contributed by atoms with Crippen molar-refractivity contribution in [1.82, 2.24) is 9.55 Å². The number of imidazole rings is 1. The third kappa shape index (κ3) is 3.80. The van der Waals surface area contributed by atoms with Crippen LogP contribution in [0, 0.1) is 22.7 Å². The van der Waals surface area contributed by atoms with Gasteiger partial charge in [-0.3, -0.25) is 4.79 Å². The minimum absolute atomic E-state index is 0.0666. The van der Waals surface area contributed by atoms with E-state index in [4.69, 9.17) is 0 Å². The predicted octanol–water partition coefficient (Wildman–Crippen LogP) is 4.47. The molecule has 0 saturated carbocycles. The first-order valence-corrected chi connectivity index (χ1v) is 9.23. The monoisotopic (exact) mass is 370 g/mol. The number of carbonyl (C=O) groups excluding carboxylic acids is 1. The summed E-state index contributed by atoms with van der Waals surface area (Å²) in [6, 6.07) is 17.7. The van der Waals surface area contributed by atoms with Crippen LogP contribution in [0.2, 0.25) is 0 Å². The molecule has 0 bridgehead atoms. The molecule has 0 aliphatic heterocycles. The number of fused-ring (bicyclic) bond motifs is 1. The molecule has 0 spiro atoms. The largest absolute Gasteiger partial charge is 0.322 e. The molecule has 3 rings (SSSR count). The highest BCUT2D eigenvalue weighted by Gasteiger charge is 2.20. The summed E-state index contributed by atoms with van der Waals surface area (Å²) < 4.78 is 1.75. The van der Waals surface area contributed by atoms with Crippen molar-refractivity contribution in [3.05, 3.63) is 65.5 Å². The summed E-state index contributed by atoms with van der Waals surface area (Å²) in [4.78, 5) is 16.9. The number of rotatable bonds is 6. The Morgan fingerprint density at radius 1 is 1.18 bits per heavy atom. The van der Waals surface area contributed by atoms with Crippen LogP contribution >= 0.6 is 0 Å². The molecular formula is C23H22N4O. The highest BCUT2D eigenvalue weighted by Crippen LogP contribution is 2.26. The molecule has 0 aliphatic carbocycles. The zero-order valence-corrected chi connectivity index (χ0v) is 16.3. The van der Waals surface area contributed by atoms with Crippen molar-refractivity contribution >= 4 is 16.8 Å². The molecule has 3 aromatic rings. The Balaban J connectivity index is 1.72. The second kappa shape index (κ2) is 7.66. The average molecular weight is 370 g/mol. The quantitative estimate of drug-likeness (QED) is 0.641. The van der Waals surface area contributed by atoms with Crippen molar-refractivity contribution in [1.29, 1.82) is 10.5 Å². The minimum Gasteiger partial charge on any atom is -0.322 e. The van der Waals surface area contributed by atoms with Gasteiger partial charge in [0.1, 0.15) is 6.07 Å². The van der Waals surface area contributed by atoms with Gasteiger partial charge < -0.3 is 4.57 Å². The number of nitriles is 2. The topological polar surface area (TPSA) is 82.5 Å². The summed E-state index contributed by atoms with van der Waals surface area (Å²) in [5.41, 5.74) is 3.44. The first-order chi connectivity index (χ1) is 13.4. The van der Waals surface area contributed by atoms with Crippen LogP contribution in [0.3, 0.4) is 0 Å². The van der Waals surface area contributed by atoms with E-state index in [-0.39, 0.29) is 18.2 Å². The highest BCUT2D eigenvalue weighted by atomic mass is 16.1. The second-order valence-corrected chi connectivity index (χ2v) is 7.66. The SMILES string of the molecule is CC(CC(=O)Cn1cnc2cccc(C#N)c21)c1ccc(C(C)(C)C#N)cc1. The number of benzene rings is 2. The summed E-state index contributed by atoms with van der Waals surface area (Å²) in [7, 11) is 0. The van der Waals surface area contributed by atoms with Gasteiger partial charge in [0.2, 0.25) is 0 Å². The van der Waals surface area contributed by atoms with Gasteiger partial charge in [0, 0.05) is 6.42 Å². The van der Waals surface area contributed by atoms with E-state index in [1.807, 2.05) is 51.1 Å². The molecule has 0 amide bonds. The number of Topliss-reactive ketones (excluding diaryl/α,β-unsaturated/α-hetero) is 1. The fraction of sp³-hybridized carbons (Fsp3) is 0.304. The van der Waals surface area contributed by atoms with Gasteiger partial charge in [-0.2, -0.15) is 10.5 Å².